The second-order valence-electron chi connectivity index (χ2n) is 3.30. The van der Waals surface area contributed by atoms with Gasteiger partial charge in [-0.05, 0) is 19.1 Å². The van der Waals surface area contributed by atoms with Gasteiger partial charge in [0, 0.05) is 12.1 Å². The molecule has 1 unspecified atom stereocenters. The van der Waals surface area contributed by atoms with Gasteiger partial charge in [0.15, 0.2) is 12.4 Å². The van der Waals surface area contributed by atoms with Gasteiger partial charge in [-0.1, -0.05) is 23.2 Å². The summed E-state index contributed by atoms with van der Waals surface area (Å²) in [5.41, 5.74) is 0.207. The van der Waals surface area contributed by atoms with Crippen LogP contribution < -0.4 is 10.1 Å². The average Bonchev–Trinajstić information content (AvgIpc) is 2.30. The highest BCUT2D eigenvalue weighted by atomic mass is 35.5. The minimum Gasteiger partial charge on any atom is -0.479 e. The molecule has 1 N–H and O–H groups in total. The van der Waals surface area contributed by atoms with Crippen LogP contribution in [0.2, 0.25) is 10.0 Å². The largest absolute Gasteiger partial charge is 0.479 e. The molecule has 0 aliphatic heterocycles. The first-order chi connectivity index (χ1) is 7.99. The van der Waals surface area contributed by atoms with Crippen LogP contribution in [0.15, 0.2) is 12.1 Å². The van der Waals surface area contributed by atoms with Crippen molar-refractivity contribution in [1.82, 2.24) is 5.32 Å². The first kappa shape index (κ1) is 13.8. The van der Waals surface area contributed by atoms with Gasteiger partial charge in [-0.3, -0.25) is 9.59 Å². The van der Waals surface area contributed by atoms with E-state index in [4.69, 9.17) is 27.9 Å². The van der Waals surface area contributed by atoms with Gasteiger partial charge in [-0.25, -0.2) is 0 Å². The van der Waals surface area contributed by atoms with E-state index in [1.807, 2.05) is 0 Å². The summed E-state index contributed by atoms with van der Waals surface area (Å²) >= 11 is 11.7. The zero-order chi connectivity index (χ0) is 13.0. The number of ether oxygens (including phenoxy) is 1. The Balaban J connectivity index is 3.05. The summed E-state index contributed by atoms with van der Waals surface area (Å²) in [6.45, 7) is 1.55. The fraction of sp³-hybridized carbons (Fsp3) is 0.273. The summed E-state index contributed by atoms with van der Waals surface area (Å²) in [4.78, 5) is 22.2. The van der Waals surface area contributed by atoms with Crippen LogP contribution in [0.3, 0.4) is 0 Å². The highest BCUT2D eigenvalue weighted by Crippen LogP contribution is 2.32. The molecule has 1 rings (SSSR count). The molecule has 1 aromatic rings. The van der Waals surface area contributed by atoms with Gasteiger partial charge in [0.2, 0.25) is 0 Å². The number of benzene rings is 1. The lowest BCUT2D eigenvalue weighted by Gasteiger charge is -2.15. The zero-order valence-electron chi connectivity index (χ0n) is 9.29. The third-order valence-electron chi connectivity index (χ3n) is 2.07. The molecule has 4 nitrogen and oxygen atoms in total. The first-order valence-corrected chi connectivity index (χ1v) is 5.57. The second-order valence-corrected chi connectivity index (χ2v) is 4.14. The molecule has 6 heteroatoms. The van der Waals surface area contributed by atoms with Crippen LogP contribution in [0, 0.1) is 0 Å². The molecule has 0 saturated carbocycles. The molecule has 92 valence electrons. The quantitative estimate of drug-likeness (QED) is 0.858. The van der Waals surface area contributed by atoms with Gasteiger partial charge < -0.3 is 10.1 Å². The van der Waals surface area contributed by atoms with E-state index >= 15 is 0 Å². The number of likely N-dealkylation sites (N-methyl/N-ethyl adjacent to an activating group) is 1. The van der Waals surface area contributed by atoms with Gasteiger partial charge >= 0.3 is 0 Å². The molecule has 0 fully saturated rings. The molecule has 0 heterocycles. The fourth-order valence-corrected chi connectivity index (χ4v) is 1.78. The maximum Gasteiger partial charge on any atom is 0.260 e. The first-order valence-electron chi connectivity index (χ1n) is 4.82. The van der Waals surface area contributed by atoms with Crippen LogP contribution in [0.1, 0.15) is 17.3 Å². The van der Waals surface area contributed by atoms with E-state index in [0.29, 0.717) is 11.3 Å². The molecule has 0 aliphatic carbocycles. The Morgan fingerprint density at radius 2 is 2.12 bits per heavy atom. The average molecular weight is 276 g/mol. The number of aldehydes is 1. The molecule has 0 bridgehead atoms. The van der Waals surface area contributed by atoms with Crippen molar-refractivity contribution >= 4 is 35.4 Å². The molecule has 1 amide bonds. The number of hydrogen-bond acceptors (Lipinski definition) is 3. The van der Waals surface area contributed by atoms with Crippen molar-refractivity contribution in [3.05, 3.63) is 27.7 Å². The third-order valence-corrected chi connectivity index (χ3v) is 2.57. The predicted octanol–water partition coefficient (Wildman–Crippen LogP) is 2.32. The van der Waals surface area contributed by atoms with Gasteiger partial charge in [0.1, 0.15) is 5.75 Å². The highest BCUT2D eigenvalue weighted by Gasteiger charge is 2.17. The fourth-order valence-electron chi connectivity index (χ4n) is 1.23. The Labute approximate surface area is 109 Å². The third kappa shape index (κ3) is 3.35. The van der Waals surface area contributed by atoms with Crippen LogP contribution in [-0.2, 0) is 4.79 Å². The Morgan fingerprint density at radius 1 is 1.47 bits per heavy atom. The molecule has 1 aromatic carbocycles. The molecular weight excluding hydrogens is 265 g/mol. The van der Waals surface area contributed by atoms with Gasteiger partial charge in [0.25, 0.3) is 5.91 Å². The smallest absolute Gasteiger partial charge is 0.260 e. The van der Waals surface area contributed by atoms with Crippen LogP contribution in [0.4, 0.5) is 0 Å². The van der Waals surface area contributed by atoms with Crippen molar-refractivity contribution in [1.29, 1.82) is 0 Å². The Hall–Kier alpha value is -1.26. The van der Waals surface area contributed by atoms with E-state index < -0.39 is 6.10 Å². The van der Waals surface area contributed by atoms with Crippen molar-refractivity contribution in [3.8, 4) is 5.75 Å². The molecule has 1 atom stereocenters. The number of rotatable bonds is 4. The van der Waals surface area contributed by atoms with Crippen LogP contribution in [-0.4, -0.2) is 25.3 Å². The maximum absolute atomic E-state index is 11.3. The number of hydrogen-bond donors (Lipinski definition) is 1. The van der Waals surface area contributed by atoms with Crippen molar-refractivity contribution in [2.24, 2.45) is 0 Å². The monoisotopic (exact) mass is 275 g/mol. The summed E-state index contributed by atoms with van der Waals surface area (Å²) in [6, 6.07) is 2.87. The van der Waals surface area contributed by atoms with Gasteiger partial charge in [0.05, 0.1) is 10.6 Å². The summed E-state index contributed by atoms with van der Waals surface area (Å²) in [7, 11) is 1.49. The van der Waals surface area contributed by atoms with E-state index in [-0.39, 0.29) is 22.2 Å². The topological polar surface area (TPSA) is 55.4 Å². The van der Waals surface area contributed by atoms with E-state index in [1.165, 1.54) is 19.2 Å². The predicted molar refractivity (Wildman–Crippen MR) is 66.0 cm³/mol. The molecule has 0 aliphatic rings. The second kappa shape index (κ2) is 5.89. The highest BCUT2D eigenvalue weighted by molar-refractivity contribution is 6.36. The molecule has 0 radical (unpaired) electrons. The Morgan fingerprint density at radius 3 is 2.65 bits per heavy atom. The lowest BCUT2D eigenvalue weighted by atomic mass is 10.2. The van der Waals surface area contributed by atoms with Crippen molar-refractivity contribution in [2.45, 2.75) is 13.0 Å². The lowest BCUT2D eigenvalue weighted by Crippen LogP contribution is -2.34. The summed E-state index contributed by atoms with van der Waals surface area (Å²) in [5, 5.41) is 2.95. The standard InChI is InChI=1S/C11H11Cl2NO3/c1-6(11(16)14-2)17-10-7(5-15)3-8(12)4-9(10)13/h3-6H,1-2H3,(H,14,16). The summed E-state index contributed by atoms with van der Waals surface area (Å²) < 4.78 is 5.34. The lowest BCUT2D eigenvalue weighted by molar-refractivity contribution is -0.126. The number of halogens is 2. The molecule has 17 heavy (non-hydrogen) atoms. The molecule has 0 aromatic heterocycles. The number of carbonyl (C=O) groups excluding carboxylic acids is 2. The number of carbonyl (C=O) groups is 2. The molecule has 0 saturated heterocycles. The minimum atomic E-state index is -0.752. The molecular formula is C11H11Cl2NO3. The van der Waals surface area contributed by atoms with Crippen molar-refractivity contribution in [2.75, 3.05) is 7.05 Å². The van der Waals surface area contributed by atoms with E-state index in [9.17, 15) is 9.59 Å². The normalized spacial score (nSPS) is 11.8. The zero-order valence-corrected chi connectivity index (χ0v) is 10.8. The maximum atomic E-state index is 11.3. The summed E-state index contributed by atoms with van der Waals surface area (Å²) in [6.07, 6.45) is -0.179. The van der Waals surface area contributed by atoms with E-state index in [0.717, 1.165) is 0 Å². The Kier molecular flexibility index (Phi) is 4.78. The minimum absolute atomic E-state index is 0.155. The number of nitrogens with one attached hydrogen (secondary N) is 1. The molecule has 0 spiro atoms. The van der Waals surface area contributed by atoms with E-state index in [2.05, 4.69) is 5.32 Å². The van der Waals surface area contributed by atoms with Crippen LogP contribution >= 0.6 is 23.2 Å². The summed E-state index contributed by atoms with van der Waals surface area (Å²) in [5.74, 6) is -0.157. The van der Waals surface area contributed by atoms with Gasteiger partial charge in [-0.15, -0.1) is 0 Å². The van der Waals surface area contributed by atoms with Gasteiger partial charge in [-0.2, -0.15) is 0 Å². The van der Waals surface area contributed by atoms with Crippen molar-refractivity contribution < 1.29 is 14.3 Å². The van der Waals surface area contributed by atoms with Crippen molar-refractivity contribution in [3.63, 3.8) is 0 Å². The SMILES string of the molecule is CNC(=O)C(C)Oc1c(Cl)cc(Cl)cc1C=O. The van der Waals surface area contributed by atoms with Crippen LogP contribution in [0.5, 0.6) is 5.75 Å². The van der Waals surface area contributed by atoms with E-state index in [1.54, 1.807) is 6.92 Å². The number of amides is 1. The van der Waals surface area contributed by atoms with Crippen LogP contribution in [0.25, 0.3) is 0 Å². The Bertz CT molecular complexity index is 449.